The van der Waals surface area contributed by atoms with E-state index in [9.17, 15) is 4.79 Å². The standard InChI is InChI=1S/C14H10BrN3O3S/c1-8-16-11(7-20-8)12-13(22-18-17-12)14(19)21-6-9-2-4-10(15)5-3-9/h2-5,7H,6H2,1H3. The lowest BCUT2D eigenvalue weighted by Crippen LogP contribution is -2.05. The second-order valence-electron chi connectivity index (χ2n) is 4.41. The van der Waals surface area contributed by atoms with Gasteiger partial charge in [0.25, 0.3) is 0 Å². The number of rotatable bonds is 4. The maximum Gasteiger partial charge on any atom is 0.352 e. The smallest absolute Gasteiger partial charge is 0.352 e. The Bertz CT molecular complexity index is 798. The summed E-state index contributed by atoms with van der Waals surface area (Å²) in [6, 6.07) is 7.54. The number of esters is 1. The zero-order valence-electron chi connectivity index (χ0n) is 11.4. The molecule has 112 valence electrons. The van der Waals surface area contributed by atoms with Crippen LogP contribution in [0, 0.1) is 6.92 Å². The summed E-state index contributed by atoms with van der Waals surface area (Å²) < 4.78 is 15.2. The fourth-order valence-electron chi connectivity index (χ4n) is 1.76. The maximum absolute atomic E-state index is 12.2. The van der Waals surface area contributed by atoms with Crippen LogP contribution in [-0.2, 0) is 11.3 Å². The van der Waals surface area contributed by atoms with Crippen LogP contribution in [0.1, 0.15) is 21.1 Å². The Morgan fingerprint density at radius 1 is 1.36 bits per heavy atom. The van der Waals surface area contributed by atoms with Crippen molar-refractivity contribution in [2.75, 3.05) is 0 Å². The summed E-state index contributed by atoms with van der Waals surface area (Å²) in [6.45, 7) is 1.90. The molecule has 6 nitrogen and oxygen atoms in total. The van der Waals surface area contributed by atoms with Crippen molar-refractivity contribution in [3.63, 3.8) is 0 Å². The first-order valence-electron chi connectivity index (χ1n) is 6.30. The number of oxazole rings is 1. The Hall–Kier alpha value is -2.06. The van der Waals surface area contributed by atoms with E-state index < -0.39 is 5.97 Å². The van der Waals surface area contributed by atoms with E-state index in [1.54, 1.807) is 6.92 Å². The molecule has 0 aliphatic heterocycles. The number of nitrogens with zero attached hydrogens (tertiary/aromatic N) is 3. The molecule has 2 heterocycles. The first-order chi connectivity index (χ1) is 10.6. The van der Waals surface area contributed by atoms with Gasteiger partial charge in [-0.3, -0.25) is 0 Å². The molecular formula is C14H10BrN3O3S. The number of aryl methyl sites for hydroxylation is 1. The molecule has 3 rings (SSSR count). The summed E-state index contributed by atoms with van der Waals surface area (Å²) >= 11 is 4.33. The van der Waals surface area contributed by atoms with Crippen molar-refractivity contribution in [1.29, 1.82) is 0 Å². The van der Waals surface area contributed by atoms with Gasteiger partial charge in [-0.1, -0.05) is 32.6 Å². The van der Waals surface area contributed by atoms with Crippen LogP contribution in [0.2, 0.25) is 0 Å². The average molecular weight is 380 g/mol. The Balaban J connectivity index is 1.73. The number of ether oxygens (including phenoxy) is 1. The number of benzene rings is 1. The predicted octanol–water partition coefficient (Wildman–Crippen LogP) is 3.62. The normalized spacial score (nSPS) is 10.6. The number of aromatic nitrogens is 3. The van der Waals surface area contributed by atoms with Gasteiger partial charge >= 0.3 is 5.97 Å². The van der Waals surface area contributed by atoms with Crippen LogP contribution in [0.5, 0.6) is 0 Å². The van der Waals surface area contributed by atoms with Gasteiger partial charge in [0.15, 0.2) is 10.8 Å². The highest BCUT2D eigenvalue weighted by molar-refractivity contribution is 9.10. The van der Waals surface area contributed by atoms with Crippen LogP contribution in [0.15, 0.2) is 39.4 Å². The first kappa shape index (κ1) is 14.9. The highest BCUT2D eigenvalue weighted by Crippen LogP contribution is 2.24. The second kappa shape index (κ2) is 6.37. The van der Waals surface area contributed by atoms with Crippen LogP contribution < -0.4 is 0 Å². The van der Waals surface area contributed by atoms with Crippen LogP contribution >= 0.6 is 27.5 Å². The summed E-state index contributed by atoms with van der Waals surface area (Å²) in [5.74, 6) is 0.0192. The van der Waals surface area contributed by atoms with Gasteiger partial charge in [0.1, 0.15) is 24.3 Å². The average Bonchev–Trinajstić information content (AvgIpc) is 3.14. The van der Waals surface area contributed by atoms with Gasteiger partial charge in [-0.15, -0.1) is 5.10 Å². The molecule has 0 saturated heterocycles. The van der Waals surface area contributed by atoms with Crippen molar-refractivity contribution in [1.82, 2.24) is 14.6 Å². The summed E-state index contributed by atoms with van der Waals surface area (Å²) in [4.78, 5) is 16.6. The van der Waals surface area contributed by atoms with Gasteiger partial charge in [-0.2, -0.15) is 0 Å². The van der Waals surface area contributed by atoms with Crippen molar-refractivity contribution in [3.05, 3.63) is 51.3 Å². The van der Waals surface area contributed by atoms with Gasteiger partial charge in [-0.25, -0.2) is 9.78 Å². The number of carbonyl (C=O) groups excluding carboxylic acids is 1. The Morgan fingerprint density at radius 2 is 2.14 bits per heavy atom. The van der Waals surface area contributed by atoms with Crippen LogP contribution in [-0.4, -0.2) is 20.5 Å². The van der Waals surface area contributed by atoms with E-state index >= 15 is 0 Å². The van der Waals surface area contributed by atoms with Crippen molar-refractivity contribution in [3.8, 4) is 11.4 Å². The van der Waals surface area contributed by atoms with Crippen LogP contribution in [0.25, 0.3) is 11.4 Å². The molecule has 0 unspecified atom stereocenters. The van der Waals surface area contributed by atoms with Crippen LogP contribution in [0.4, 0.5) is 0 Å². The van der Waals surface area contributed by atoms with Crippen LogP contribution in [0.3, 0.4) is 0 Å². The van der Waals surface area contributed by atoms with Gasteiger partial charge in [-0.05, 0) is 29.2 Å². The molecule has 0 amide bonds. The molecule has 0 fully saturated rings. The SMILES string of the molecule is Cc1nc(-c2nnsc2C(=O)OCc2ccc(Br)cc2)co1. The number of carbonyl (C=O) groups is 1. The molecule has 1 aromatic carbocycles. The minimum Gasteiger partial charge on any atom is -0.457 e. The third-order valence-corrected chi connectivity index (χ3v) is 4.05. The number of hydrogen-bond donors (Lipinski definition) is 0. The predicted molar refractivity (Wildman–Crippen MR) is 83.4 cm³/mol. The highest BCUT2D eigenvalue weighted by atomic mass is 79.9. The molecule has 0 bridgehead atoms. The van der Waals surface area contributed by atoms with E-state index in [2.05, 4.69) is 30.5 Å². The summed E-state index contributed by atoms with van der Waals surface area (Å²) in [5, 5.41) is 3.93. The molecule has 0 aliphatic carbocycles. The monoisotopic (exact) mass is 379 g/mol. The Labute approximate surface area is 138 Å². The van der Waals surface area contributed by atoms with Gasteiger partial charge in [0, 0.05) is 11.4 Å². The molecule has 0 atom stereocenters. The van der Waals surface area contributed by atoms with Gasteiger partial charge in [0.2, 0.25) is 0 Å². The zero-order chi connectivity index (χ0) is 15.5. The third-order valence-electron chi connectivity index (χ3n) is 2.82. The lowest BCUT2D eigenvalue weighted by Gasteiger charge is -2.04. The van der Waals surface area contributed by atoms with E-state index in [1.807, 2.05) is 24.3 Å². The van der Waals surface area contributed by atoms with E-state index in [-0.39, 0.29) is 6.61 Å². The molecule has 0 saturated carbocycles. The molecule has 3 aromatic rings. The lowest BCUT2D eigenvalue weighted by molar-refractivity contribution is 0.0479. The van der Waals surface area contributed by atoms with E-state index in [0.717, 1.165) is 21.6 Å². The summed E-state index contributed by atoms with van der Waals surface area (Å²) in [5.41, 5.74) is 1.75. The Kier molecular flexibility index (Phi) is 4.30. The first-order valence-corrected chi connectivity index (χ1v) is 7.86. The quantitative estimate of drug-likeness (QED) is 0.644. The summed E-state index contributed by atoms with van der Waals surface area (Å²) in [6.07, 6.45) is 1.44. The summed E-state index contributed by atoms with van der Waals surface area (Å²) in [7, 11) is 0. The fraction of sp³-hybridized carbons (Fsp3) is 0.143. The van der Waals surface area contributed by atoms with Crippen molar-refractivity contribution >= 4 is 33.4 Å². The maximum atomic E-state index is 12.2. The molecule has 22 heavy (non-hydrogen) atoms. The highest BCUT2D eigenvalue weighted by Gasteiger charge is 2.21. The second-order valence-corrected chi connectivity index (χ2v) is 6.07. The van der Waals surface area contributed by atoms with Crippen molar-refractivity contribution in [2.24, 2.45) is 0 Å². The van der Waals surface area contributed by atoms with E-state index in [1.165, 1.54) is 6.26 Å². The lowest BCUT2D eigenvalue weighted by atomic mass is 10.2. The molecule has 0 radical (unpaired) electrons. The van der Waals surface area contributed by atoms with Crippen molar-refractivity contribution in [2.45, 2.75) is 13.5 Å². The fourth-order valence-corrected chi connectivity index (χ4v) is 2.59. The molecule has 0 aliphatic rings. The minimum absolute atomic E-state index is 0.182. The van der Waals surface area contributed by atoms with E-state index in [0.29, 0.717) is 22.2 Å². The Morgan fingerprint density at radius 3 is 2.82 bits per heavy atom. The van der Waals surface area contributed by atoms with Gasteiger partial charge in [0.05, 0.1) is 0 Å². The molecule has 2 aromatic heterocycles. The molecule has 0 N–H and O–H groups in total. The van der Waals surface area contributed by atoms with E-state index in [4.69, 9.17) is 9.15 Å². The molecule has 0 spiro atoms. The largest absolute Gasteiger partial charge is 0.457 e. The van der Waals surface area contributed by atoms with Crippen molar-refractivity contribution < 1.29 is 13.9 Å². The van der Waals surface area contributed by atoms with Gasteiger partial charge < -0.3 is 9.15 Å². The topological polar surface area (TPSA) is 78.1 Å². The zero-order valence-corrected chi connectivity index (χ0v) is 13.8. The number of halogens is 1. The minimum atomic E-state index is -0.478. The third kappa shape index (κ3) is 3.23. The molecular weight excluding hydrogens is 370 g/mol. The molecule has 8 heteroatoms. The number of hydrogen-bond acceptors (Lipinski definition) is 7.